The fraction of sp³-hybridized carbons (Fsp3) is 0.462. The average Bonchev–Trinajstić information content (AvgIpc) is 3.26. The monoisotopic (exact) mass is 336 g/mol. The largest absolute Gasteiger partial charge is 0.424 e. The molecule has 0 N–H and O–H groups in total. The second-order valence-corrected chi connectivity index (χ2v) is 7.00. The van der Waals surface area contributed by atoms with Gasteiger partial charge in [0.15, 0.2) is 0 Å². The van der Waals surface area contributed by atoms with Crippen LogP contribution >= 0.6 is 23.1 Å². The summed E-state index contributed by atoms with van der Waals surface area (Å²) in [6.45, 7) is 4.75. The van der Waals surface area contributed by atoms with Gasteiger partial charge >= 0.3 is 0 Å². The van der Waals surface area contributed by atoms with Crippen LogP contribution in [0.3, 0.4) is 0 Å². The zero-order chi connectivity index (χ0) is 15.4. The lowest BCUT2D eigenvalue weighted by molar-refractivity contribution is 0.455. The molecule has 0 aliphatic carbocycles. The minimum atomic E-state index is 0.0132. The molecule has 0 aliphatic rings. The van der Waals surface area contributed by atoms with Gasteiger partial charge in [-0.25, -0.2) is 4.68 Å². The first-order valence-corrected chi connectivity index (χ1v) is 8.79. The van der Waals surface area contributed by atoms with E-state index in [9.17, 15) is 0 Å². The molecule has 0 saturated carbocycles. The quantitative estimate of drug-likeness (QED) is 0.613. The van der Waals surface area contributed by atoms with Gasteiger partial charge in [-0.15, -0.1) is 26.6 Å². The Morgan fingerprint density at radius 1 is 1.36 bits per heavy atom. The van der Waals surface area contributed by atoms with Crippen molar-refractivity contribution in [2.24, 2.45) is 0 Å². The van der Waals surface area contributed by atoms with Crippen LogP contribution in [0.4, 0.5) is 0 Å². The molecule has 9 heteroatoms. The van der Waals surface area contributed by atoms with Crippen molar-refractivity contribution in [3.8, 4) is 0 Å². The molecule has 3 aromatic heterocycles. The van der Waals surface area contributed by atoms with E-state index in [1.807, 2.05) is 18.5 Å². The molecule has 0 aliphatic heterocycles. The van der Waals surface area contributed by atoms with Crippen molar-refractivity contribution in [1.82, 2.24) is 30.4 Å². The second-order valence-electron chi connectivity index (χ2n) is 4.66. The van der Waals surface area contributed by atoms with Gasteiger partial charge < -0.3 is 4.42 Å². The Labute approximate surface area is 136 Å². The van der Waals surface area contributed by atoms with Crippen molar-refractivity contribution >= 4 is 23.1 Å². The molecule has 3 heterocycles. The summed E-state index contributed by atoms with van der Waals surface area (Å²) in [5.41, 5.74) is 0. The lowest BCUT2D eigenvalue weighted by atomic mass is 10.3. The highest BCUT2D eigenvalue weighted by molar-refractivity contribution is 7.99. The van der Waals surface area contributed by atoms with Gasteiger partial charge in [-0.05, 0) is 28.8 Å². The highest BCUT2D eigenvalue weighted by Gasteiger charge is 2.18. The molecule has 0 aromatic carbocycles. The Kier molecular flexibility index (Phi) is 4.84. The van der Waals surface area contributed by atoms with E-state index in [2.05, 4.69) is 43.2 Å². The average molecular weight is 336 g/mol. The Morgan fingerprint density at radius 2 is 2.27 bits per heavy atom. The molecule has 0 radical (unpaired) electrons. The fourth-order valence-corrected chi connectivity index (χ4v) is 3.42. The first-order valence-electron chi connectivity index (χ1n) is 7.03. The Bertz CT molecular complexity index is 708. The van der Waals surface area contributed by atoms with Gasteiger partial charge in [-0.1, -0.05) is 24.8 Å². The molecular weight excluding hydrogens is 320 g/mol. The lowest BCUT2D eigenvalue weighted by Crippen LogP contribution is -2.05. The van der Waals surface area contributed by atoms with Gasteiger partial charge in [-0.3, -0.25) is 0 Å². The van der Waals surface area contributed by atoms with Crippen LogP contribution < -0.4 is 0 Å². The molecule has 116 valence electrons. The van der Waals surface area contributed by atoms with Crippen LogP contribution in [-0.2, 0) is 19.4 Å². The fourth-order valence-electron chi connectivity index (χ4n) is 1.87. The molecule has 0 unspecified atom stereocenters. The summed E-state index contributed by atoms with van der Waals surface area (Å²) in [4.78, 5) is 1.32. The van der Waals surface area contributed by atoms with Crippen LogP contribution in [-0.4, -0.2) is 30.4 Å². The van der Waals surface area contributed by atoms with Crippen molar-refractivity contribution in [2.75, 3.05) is 0 Å². The number of hydrogen-bond donors (Lipinski definition) is 0. The smallest absolute Gasteiger partial charge is 0.229 e. The van der Waals surface area contributed by atoms with Crippen molar-refractivity contribution in [1.29, 1.82) is 0 Å². The van der Waals surface area contributed by atoms with E-state index in [0.29, 0.717) is 11.8 Å². The van der Waals surface area contributed by atoms with Crippen molar-refractivity contribution in [2.45, 2.75) is 43.6 Å². The first kappa shape index (κ1) is 15.2. The van der Waals surface area contributed by atoms with Crippen LogP contribution in [0.2, 0.25) is 0 Å². The van der Waals surface area contributed by atoms with Crippen molar-refractivity contribution < 1.29 is 4.42 Å². The van der Waals surface area contributed by atoms with Crippen LogP contribution in [0, 0.1) is 0 Å². The Hall–Kier alpha value is -1.74. The predicted octanol–water partition coefficient (Wildman–Crippen LogP) is 2.78. The van der Waals surface area contributed by atoms with Gasteiger partial charge in [0.25, 0.3) is 0 Å². The molecular formula is C13H16N6OS2. The number of tetrazole rings is 1. The van der Waals surface area contributed by atoms with E-state index in [1.54, 1.807) is 11.3 Å². The van der Waals surface area contributed by atoms with Crippen LogP contribution in [0.1, 0.15) is 35.8 Å². The molecule has 0 amide bonds. The SMILES string of the molecule is CCc1nnc([C@H](C)Sc2nnnn2CCc2cccs2)o1. The van der Waals surface area contributed by atoms with Gasteiger partial charge in [0.1, 0.15) is 0 Å². The summed E-state index contributed by atoms with van der Waals surface area (Å²) in [5, 5.41) is 22.8. The molecule has 3 aromatic rings. The van der Waals surface area contributed by atoms with E-state index in [4.69, 9.17) is 4.42 Å². The highest BCUT2D eigenvalue weighted by atomic mass is 32.2. The number of thiophene rings is 1. The Morgan fingerprint density at radius 3 is 3.00 bits per heavy atom. The standard InChI is InChI=1S/C13H16N6OS2/c1-3-11-14-15-12(20-11)9(2)22-13-16-17-18-19(13)7-6-10-5-4-8-21-10/h4-5,8-9H,3,6-7H2,1-2H3/t9-/m0/s1. The number of aromatic nitrogens is 6. The molecule has 0 saturated heterocycles. The third-order valence-corrected chi connectivity index (χ3v) is 5.06. The minimum absolute atomic E-state index is 0.0132. The van der Waals surface area contributed by atoms with Crippen LogP contribution in [0.25, 0.3) is 0 Å². The van der Waals surface area contributed by atoms with E-state index < -0.39 is 0 Å². The summed E-state index contributed by atoms with van der Waals surface area (Å²) in [6, 6.07) is 4.17. The second kappa shape index (κ2) is 7.01. The van der Waals surface area contributed by atoms with E-state index >= 15 is 0 Å². The summed E-state index contributed by atoms with van der Waals surface area (Å²) in [7, 11) is 0. The van der Waals surface area contributed by atoms with Gasteiger partial charge in [-0.2, -0.15) is 0 Å². The molecule has 0 fully saturated rings. The zero-order valence-corrected chi connectivity index (χ0v) is 14.0. The summed E-state index contributed by atoms with van der Waals surface area (Å²) in [6.07, 6.45) is 1.66. The third kappa shape index (κ3) is 3.53. The van der Waals surface area contributed by atoms with Crippen molar-refractivity contribution in [3.05, 3.63) is 34.2 Å². The maximum absolute atomic E-state index is 5.58. The van der Waals surface area contributed by atoms with Gasteiger partial charge in [0, 0.05) is 17.7 Å². The van der Waals surface area contributed by atoms with Crippen LogP contribution in [0.15, 0.2) is 27.1 Å². The van der Waals surface area contributed by atoms with Gasteiger partial charge in [0.2, 0.25) is 16.9 Å². The highest BCUT2D eigenvalue weighted by Crippen LogP contribution is 2.32. The van der Waals surface area contributed by atoms with E-state index in [0.717, 1.165) is 24.5 Å². The minimum Gasteiger partial charge on any atom is -0.424 e. The van der Waals surface area contributed by atoms with E-state index in [1.165, 1.54) is 16.6 Å². The summed E-state index contributed by atoms with van der Waals surface area (Å²) < 4.78 is 7.40. The lowest BCUT2D eigenvalue weighted by Gasteiger charge is -2.06. The third-order valence-electron chi connectivity index (χ3n) is 3.06. The predicted molar refractivity (Wildman–Crippen MR) is 83.8 cm³/mol. The number of rotatable bonds is 7. The molecule has 0 bridgehead atoms. The zero-order valence-electron chi connectivity index (χ0n) is 12.3. The number of nitrogens with zero attached hydrogens (tertiary/aromatic N) is 6. The number of thioether (sulfide) groups is 1. The number of hydrogen-bond acceptors (Lipinski definition) is 8. The summed E-state index contributed by atoms with van der Waals surface area (Å²) >= 11 is 3.27. The number of aryl methyl sites for hydroxylation is 3. The normalized spacial score (nSPS) is 12.6. The molecule has 7 nitrogen and oxygen atoms in total. The van der Waals surface area contributed by atoms with Crippen molar-refractivity contribution in [3.63, 3.8) is 0 Å². The maximum atomic E-state index is 5.58. The first-order chi connectivity index (χ1) is 10.8. The Balaban J connectivity index is 1.63. The molecule has 3 rings (SSSR count). The molecule has 0 spiro atoms. The molecule has 22 heavy (non-hydrogen) atoms. The molecule has 1 atom stereocenters. The van der Waals surface area contributed by atoms with Gasteiger partial charge in [0.05, 0.1) is 11.8 Å². The van der Waals surface area contributed by atoms with E-state index in [-0.39, 0.29) is 5.25 Å². The van der Waals surface area contributed by atoms with Crippen LogP contribution in [0.5, 0.6) is 0 Å². The summed E-state index contributed by atoms with van der Waals surface area (Å²) in [5.74, 6) is 1.26. The maximum Gasteiger partial charge on any atom is 0.229 e. The topological polar surface area (TPSA) is 82.5 Å².